The fourth-order valence-corrected chi connectivity index (χ4v) is 2.36. The molecule has 0 aliphatic heterocycles. The maximum atomic E-state index is 12.2. The van der Waals surface area contributed by atoms with Gasteiger partial charge in [0.25, 0.3) is 5.91 Å². The maximum absolute atomic E-state index is 12.2. The van der Waals surface area contributed by atoms with E-state index < -0.39 is 17.8 Å². The van der Waals surface area contributed by atoms with Gasteiger partial charge in [-0.25, -0.2) is 0 Å². The number of pyridine rings is 1. The van der Waals surface area contributed by atoms with Crippen molar-refractivity contribution in [1.82, 2.24) is 4.98 Å². The average molecular weight is 339 g/mol. The van der Waals surface area contributed by atoms with Gasteiger partial charge in [-0.1, -0.05) is 35.3 Å². The molecular formula is C15H12Cl2N2O3. The van der Waals surface area contributed by atoms with Gasteiger partial charge in [0.2, 0.25) is 0 Å². The lowest BCUT2D eigenvalue weighted by atomic mass is 10.0. The van der Waals surface area contributed by atoms with Crippen molar-refractivity contribution in [3.8, 4) is 0 Å². The zero-order valence-corrected chi connectivity index (χ0v) is 13.0. The number of carboxylic acids is 1. The molecule has 0 saturated heterocycles. The maximum Gasteiger partial charge on any atom is 0.310 e. The van der Waals surface area contributed by atoms with E-state index in [2.05, 4.69) is 10.3 Å². The number of benzene rings is 1. The van der Waals surface area contributed by atoms with Crippen molar-refractivity contribution in [2.24, 2.45) is 0 Å². The van der Waals surface area contributed by atoms with Crippen LogP contribution in [0.5, 0.6) is 0 Å². The number of aromatic nitrogens is 1. The van der Waals surface area contributed by atoms with Crippen molar-refractivity contribution in [3.05, 3.63) is 57.8 Å². The van der Waals surface area contributed by atoms with Gasteiger partial charge in [-0.3, -0.25) is 14.6 Å². The highest BCUT2D eigenvalue weighted by atomic mass is 35.5. The lowest BCUT2D eigenvalue weighted by Crippen LogP contribution is -2.13. The molecule has 0 bridgehead atoms. The average Bonchev–Trinajstić information content (AvgIpc) is 2.47. The standard InChI is InChI=1S/C15H12Cl2N2O3/c1-8(15(21)22)9-2-4-10(5-3-9)19-14(20)13-11(16)6-18-7-12(13)17/h2-8H,1H3,(H,19,20)(H,21,22). The predicted molar refractivity (Wildman–Crippen MR) is 84.7 cm³/mol. The summed E-state index contributed by atoms with van der Waals surface area (Å²) in [7, 11) is 0. The van der Waals surface area contributed by atoms with Gasteiger partial charge in [0, 0.05) is 18.1 Å². The third-order valence-electron chi connectivity index (χ3n) is 3.12. The molecule has 1 atom stereocenters. The van der Waals surface area contributed by atoms with E-state index in [1.807, 2.05) is 0 Å². The van der Waals surface area contributed by atoms with E-state index in [-0.39, 0.29) is 15.6 Å². The summed E-state index contributed by atoms with van der Waals surface area (Å²) >= 11 is 11.8. The second kappa shape index (κ2) is 6.77. The molecule has 0 aliphatic rings. The molecule has 2 aromatic rings. The molecule has 0 radical (unpaired) electrons. The molecule has 7 heteroatoms. The predicted octanol–water partition coefficient (Wildman–Crippen LogP) is 3.83. The fourth-order valence-electron chi connectivity index (χ4n) is 1.82. The van der Waals surface area contributed by atoms with Gasteiger partial charge in [0.05, 0.1) is 21.5 Å². The zero-order chi connectivity index (χ0) is 16.3. The number of nitrogens with one attached hydrogen (secondary N) is 1. The number of carbonyl (C=O) groups is 2. The summed E-state index contributed by atoms with van der Waals surface area (Å²) in [5, 5.41) is 11.9. The number of nitrogens with zero attached hydrogens (tertiary/aromatic N) is 1. The minimum atomic E-state index is -0.910. The van der Waals surface area contributed by atoms with Crippen molar-refractivity contribution in [2.75, 3.05) is 5.32 Å². The first-order chi connectivity index (χ1) is 10.4. The van der Waals surface area contributed by atoms with Crippen molar-refractivity contribution < 1.29 is 14.7 Å². The molecule has 0 fully saturated rings. The molecule has 1 amide bonds. The van der Waals surface area contributed by atoms with Crippen LogP contribution >= 0.6 is 23.2 Å². The Labute approximate surface area is 136 Å². The first kappa shape index (κ1) is 16.3. The molecule has 2 rings (SSSR count). The largest absolute Gasteiger partial charge is 0.481 e. The van der Waals surface area contributed by atoms with Crippen molar-refractivity contribution in [1.29, 1.82) is 0 Å². The van der Waals surface area contributed by atoms with E-state index >= 15 is 0 Å². The van der Waals surface area contributed by atoms with E-state index in [0.29, 0.717) is 11.3 Å². The molecule has 22 heavy (non-hydrogen) atoms. The van der Waals surface area contributed by atoms with Crippen LogP contribution in [0.4, 0.5) is 5.69 Å². The van der Waals surface area contributed by atoms with Crippen LogP contribution in [-0.2, 0) is 4.79 Å². The molecule has 1 aromatic carbocycles. The molecule has 1 aromatic heterocycles. The molecule has 1 unspecified atom stereocenters. The Morgan fingerprint density at radius 1 is 1.14 bits per heavy atom. The molecule has 0 aliphatic carbocycles. The van der Waals surface area contributed by atoms with Gasteiger partial charge in [-0.05, 0) is 24.6 Å². The summed E-state index contributed by atoms with van der Waals surface area (Å²) in [4.78, 5) is 26.9. The van der Waals surface area contributed by atoms with E-state index in [1.165, 1.54) is 12.4 Å². The Balaban J connectivity index is 2.17. The highest BCUT2D eigenvalue weighted by Crippen LogP contribution is 2.24. The van der Waals surface area contributed by atoms with E-state index in [0.717, 1.165) is 0 Å². The topological polar surface area (TPSA) is 79.3 Å². The summed E-state index contributed by atoms with van der Waals surface area (Å²) in [6.07, 6.45) is 2.67. The molecule has 0 saturated carbocycles. The Bertz CT molecular complexity index is 697. The molecule has 0 spiro atoms. The number of rotatable bonds is 4. The number of aliphatic carboxylic acids is 1. The van der Waals surface area contributed by atoms with Crippen molar-refractivity contribution in [3.63, 3.8) is 0 Å². The van der Waals surface area contributed by atoms with Crippen LogP contribution in [0.1, 0.15) is 28.8 Å². The Morgan fingerprint density at radius 2 is 1.68 bits per heavy atom. The van der Waals surface area contributed by atoms with Crippen molar-refractivity contribution in [2.45, 2.75) is 12.8 Å². The lowest BCUT2D eigenvalue weighted by molar-refractivity contribution is -0.138. The van der Waals surface area contributed by atoms with E-state index in [9.17, 15) is 9.59 Å². The van der Waals surface area contributed by atoms with Gasteiger partial charge in [-0.2, -0.15) is 0 Å². The van der Waals surface area contributed by atoms with Crippen LogP contribution in [0.3, 0.4) is 0 Å². The molecule has 5 nitrogen and oxygen atoms in total. The summed E-state index contributed by atoms with van der Waals surface area (Å²) in [5.41, 5.74) is 1.29. The Morgan fingerprint density at radius 3 is 2.18 bits per heavy atom. The molecule has 1 heterocycles. The number of carboxylic acid groups (broad SMARTS) is 1. The summed E-state index contributed by atoms with van der Waals surface area (Å²) < 4.78 is 0. The summed E-state index contributed by atoms with van der Waals surface area (Å²) in [6, 6.07) is 6.53. The third kappa shape index (κ3) is 3.55. The van der Waals surface area contributed by atoms with Crippen LogP contribution in [0.2, 0.25) is 10.0 Å². The monoisotopic (exact) mass is 338 g/mol. The normalized spacial score (nSPS) is 11.8. The van der Waals surface area contributed by atoms with E-state index in [1.54, 1.807) is 31.2 Å². The summed E-state index contributed by atoms with van der Waals surface area (Å²) in [5.74, 6) is -1.99. The SMILES string of the molecule is CC(C(=O)O)c1ccc(NC(=O)c2c(Cl)cncc2Cl)cc1. The Hall–Kier alpha value is -2.11. The van der Waals surface area contributed by atoms with Crippen LogP contribution < -0.4 is 5.32 Å². The second-order valence-electron chi connectivity index (χ2n) is 4.61. The smallest absolute Gasteiger partial charge is 0.310 e. The zero-order valence-electron chi connectivity index (χ0n) is 11.5. The first-order valence-corrected chi connectivity index (χ1v) is 7.09. The number of hydrogen-bond acceptors (Lipinski definition) is 3. The number of anilines is 1. The number of hydrogen-bond donors (Lipinski definition) is 2. The van der Waals surface area contributed by atoms with Gasteiger partial charge in [-0.15, -0.1) is 0 Å². The highest BCUT2D eigenvalue weighted by Gasteiger charge is 2.16. The minimum Gasteiger partial charge on any atom is -0.481 e. The molecule has 2 N–H and O–H groups in total. The van der Waals surface area contributed by atoms with Crippen LogP contribution in [0.15, 0.2) is 36.7 Å². The van der Waals surface area contributed by atoms with Crippen LogP contribution in [0.25, 0.3) is 0 Å². The highest BCUT2D eigenvalue weighted by molar-refractivity contribution is 6.40. The van der Waals surface area contributed by atoms with Crippen LogP contribution in [-0.4, -0.2) is 22.0 Å². The number of halogens is 2. The lowest BCUT2D eigenvalue weighted by Gasteiger charge is -2.10. The second-order valence-corrected chi connectivity index (χ2v) is 5.43. The van der Waals surface area contributed by atoms with Gasteiger partial charge < -0.3 is 10.4 Å². The fraction of sp³-hybridized carbons (Fsp3) is 0.133. The van der Waals surface area contributed by atoms with Gasteiger partial charge >= 0.3 is 5.97 Å². The van der Waals surface area contributed by atoms with Gasteiger partial charge in [0.15, 0.2) is 0 Å². The van der Waals surface area contributed by atoms with Crippen molar-refractivity contribution >= 4 is 40.8 Å². The molecule has 114 valence electrons. The first-order valence-electron chi connectivity index (χ1n) is 6.33. The number of carbonyl (C=O) groups excluding carboxylic acids is 1. The number of amides is 1. The van der Waals surface area contributed by atoms with Gasteiger partial charge in [0.1, 0.15) is 0 Å². The minimum absolute atomic E-state index is 0.140. The third-order valence-corrected chi connectivity index (χ3v) is 3.69. The van der Waals surface area contributed by atoms with Crippen LogP contribution in [0, 0.1) is 0 Å². The van der Waals surface area contributed by atoms with E-state index in [4.69, 9.17) is 28.3 Å². The Kier molecular flexibility index (Phi) is 5.00. The summed E-state index contributed by atoms with van der Waals surface area (Å²) in [6.45, 7) is 1.59. The quantitative estimate of drug-likeness (QED) is 0.887. The molecular weight excluding hydrogens is 327 g/mol.